The van der Waals surface area contributed by atoms with Crippen molar-refractivity contribution in [2.24, 2.45) is 5.92 Å². The Morgan fingerprint density at radius 1 is 1.29 bits per heavy atom. The fourth-order valence-electron chi connectivity index (χ4n) is 2.64. The van der Waals surface area contributed by atoms with Gasteiger partial charge in [-0.25, -0.2) is 0 Å². The number of benzene rings is 1. The van der Waals surface area contributed by atoms with Crippen molar-refractivity contribution in [2.45, 2.75) is 19.8 Å². The Hall–Kier alpha value is -2.44. The molecule has 0 bridgehead atoms. The third-order valence-electron chi connectivity index (χ3n) is 3.45. The Kier molecular flexibility index (Phi) is 4.21. The van der Waals surface area contributed by atoms with E-state index < -0.39 is 34.9 Å². The SMILES string of the molecule is CC(=O)C(C(C)=O)C(C[N+](=O)[O-])c1cccc2c1OCO2. The molecule has 7 heteroatoms. The van der Waals surface area contributed by atoms with Crippen LogP contribution in [0.4, 0.5) is 0 Å². The number of Topliss-reactive ketones (excluding diaryl/α,β-unsaturated/α-hetero) is 2. The minimum absolute atomic E-state index is 0.0162. The van der Waals surface area contributed by atoms with Crippen LogP contribution in [-0.4, -0.2) is 29.8 Å². The second-order valence-corrected chi connectivity index (χ2v) is 4.90. The number of ketones is 2. The highest BCUT2D eigenvalue weighted by atomic mass is 16.7. The van der Waals surface area contributed by atoms with Crippen LogP contribution in [-0.2, 0) is 9.59 Å². The first-order chi connectivity index (χ1) is 9.91. The molecule has 112 valence electrons. The van der Waals surface area contributed by atoms with Crippen LogP contribution in [0.2, 0.25) is 0 Å². The van der Waals surface area contributed by atoms with Crippen molar-refractivity contribution in [3.05, 3.63) is 33.9 Å². The minimum Gasteiger partial charge on any atom is -0.454 e. The smallest absolute Gasteiger partial charge is 0.231 e. The van der Waals surface area contributed by atoms with Crippen LogP contribution in [0.1, 0.15) is 25.3 Å². The Balaban J connectivity index is 2.50. The van der Waals surface area contributed by atoms with Gasteiger partial charge in [-0.2, -0.15) is 0 Å². The maximum atomic E-state index is 11.8. The second-order valence-electron chi connectivity index (χ2n) is 4.90. The lowest BCUT2D eigenvalue weighted by Gasteiger charge is -2.21. The van der Waals surface area contributed by atoms with Gasteiger partial charge in [-0.3, -0.25) is 19.7 Å². The molecule has 1 aromatic rings. The molecule has 0 spiro atoms. The molecule has 0 fully saturated rings. The van der Waals surface area contributed by atoms with Crippen molar-refractivity contribution >= 4 is 11.6 Å². The summed E-state index contributed by atoms with van der Waals surface area (Å²) < 4.78 is 10.6. The van der Waals surface area contributed by atoms with Crippen molar-refractivity contribution in [2.75, 3.05) is 13.3 Å². The Labute approximate surface area is 121 Å². The van der Waals surface area contributed by atoms with Crippen LogP contribution in [0.3, 0.4) is 0 Å². The quantitative estimate of drug-likeness (QED) is 0.449. The number of carbonyl (C=O) groups excluding carboxylic acids is 2. The van der Waals surface area contributed by atoms with Crippen molar-refractivity contribution in [1.82, 2.24) is 0 Å². The number of carbonyl (C=O) groups is 2. The molecule has 21 heavy (non-hydrogen) atoms. The molecule has 0 N–H and O–H groups in total. The van der Waals surface area contributed by atoms with Gasteiger partial charge in [-0.1, -0.05) is 12.1 Å². The molecule has 1 unspecified atom stereocenters. The molecular weight excluding hydrogens is 278 g/mol. The number of ether oxygens (including phenoxy) is 2. The Morgan fingerprint density at radius 3 is 2.52 bits per heavy atom. The predicted molar refractivity (Wildman–Crippen MR) is 72.0 cm³/mol. The summed E-state index contributed by atoms with van der Waals surface area (Å²) in [6, 6.07) is 4.96. The van der Waals surface area contributed by atoms with Crippen molar-refractivity contribution in [3.8, 4) is 11.5 Å². The van der Waals surface area contributed by atoms with Gasteiger partial charge in [0.2, 0.25) is 13.3 Å². The summed E-state index contributed by atoms with van der Waals surface area (Å²) in [6.45, 7) is 2.02. The topological polar surface area (TPSA) is 95.7 Å². The van der Waals surface area contributed by atoms with Crippen LogP contribution in [0.15, 0.2) is 18.2 Å². The summed E-state index contributed by atoms with van der Waals surface area (Å²) in [4.78, 5) is 33.9. The van der Waals surface area contributed by atoms with E-state index in [9.17, 15) is 19.7 Å². The van der Waals surface area contributed by atoms with E-state index in [0.29, 0.717) is 17.1 Å². The van der Waals surface area contributed by atoms with E-state index in [4.69, 9.17) is 9.47 Å². The van der Waals surface area contributed by atoms with Crippen LogP contribution in [0.25, 0.3) is 0 Å². The molecule has 0 amide bonds. The van der Waals surface area contributed by atoms with Gasteiger partial charge in [0.1, 0.15) is 11.6 Å². The maximum Gasteiger partial charge on any atom is 0.231 e. The fraction of sp³-hybridized carbons (Fsp3) is 0.429. The lowest BCUT2D eigenvalue weighted by molar-refractivity contribution is -0.484. The molecule has 0 radical (unpaired) electrons. The molecule has 1 atom stereocenters. The van der Waals surface area contributed by atoms with Gasteiger partial charge in [0.25, 0.3) is 0 Å². The number of fused-ring (bicyclic) bond motifs is 1. The zero-order chi connectivity index (χ0) is 15.6. The van der Waals surface area contributed by atoms with E-state index in [1.165, 1.54) is 13.8 Å². The average Bonchev–Trinajstić information content (AvgIpc) is 2.84. The zero-order valence-electron chi connectivity index (χ0n) is 11.7. The van der Waals surface area contributed by atoms with Crippen LogP contribution < -0.4 is 9.47 Å². The summed E-state index contributed by atoms with van der Waals surface area (Å²) in [5.41, 5.74) is 0.456. The number of nitrogens with zero attached hydrogens (tertiary/aromatic N) is 1. The molecule has 1 aromatic carbocycles. The Morgan fingerprint density at radius 2 is 1.95 bits per heavy atom. The molecule has 0 aromatic heterocycles. The van der Waals surface area contributed by atoms with E-state index in [-0.39, 0.29) is 6.79 Å². The first-order valence-corrected chi connectivity index (χ1v) is 6.43. The molecule has 2 rings (SSSR count). The largest absolute Gasteiger partial charge is 0.454 e. The molecule has 0 saturated carbocycles. The van der Waals surface area contributed by atoms with E-state index in [1.807, 2.05) is 0 Å². The standard InChI is InChI=1S/C14H15NO6/c1-8(16)13(9(2)17)11(6-15(18)19)10-4-3-5-12-14(10)21-7-20-12/h3-5,11,13H,6-7H2,1-2H3. The van der Waals surface area contributed by atoms with Gasteiger partial charge in [-0.05, 0) is 19.9 Å². The van der Waals surface area contributed by atoms with E-state index in [0.717, 1.165) is 0 Å². The number of rotatable bonds is 6. The Bertz CT molecular complexity index is 583. The summed E-state index contributed by atoms with van der Waals surface area (Å²) in [5.74, 6) is -1.89. The van der Waals surface area contributed by atoms with Crippen LogP contribution in [0.5, 0.6) is 11.5 Å². The van der Waals surface area contributed by atoms with Crippen molar-refractivity contribution in [3.63, 3.8) is 0 Å². The minimum atomic E-state index is -1.06. The highest BCUT2D eigenvalue weighted by Gasteiger charge is 2.37. The van der Waals surface area contributed by atoms with Crippen LogP contribution >= 0.6 is 0 Å². The molecule has 1 aliphatic heterocycles. The summed E-state index contributed by atoms with van der Waals surface area (Å²) in [5, 5.41) is 10.9. The maximum absolute atomic E-state index is 11.8. The average molecular weight is 293 g/mol. The van der Waals surface area contributed by atoms with Crippen molar-refractivity contribution < 1.29 is 24.0 Å². The highest BCUT2D eigenvalue weighted by Crippen LogP contribution is 2.41. The second kappa shape index (κ2) is 5.90. The van der Waals surface area contributed by atoms with Gasteiger partial charge in [0.15, 0.2) is 11.5 Å². The van der Waals surface area contributed by atoms with Crippen LogP contribution in [0, 0.1) is 16.0 Å². The summed E-state index contributed by atoms with van der Waals surface area (Å²) in [7, 11) is 0. The first-order valence-electron chi connectivity index (χ1n) is 6.43. The normalized spacial score (nSPS) is 14.0. The summed E-state index contributed by atoms with van der Waals surface area (Å²) in [6.07, 6.45) is 0. The van der Waals surface area contributed by atoms with Gasteiger partial charge < -0.3 is 9.47 Å². The van der Waals surface area contributed by atoms with E-state index in [1.54, 1.807) is 18.2 Å². The molecule has 1 aliphatic rings. The van der Waals surface area contributed by atoms with Gasteiger partial charge >= 0.3 is 0 Å². The zero-order valence-corrected chi connectivity index (χ0v) is 11.7. The number of hydrogen-bond donors (Lipinski definition) is 0. The van der Waals surface area contributed by atoms with Crippen molar-refractivity contribution in [1.29, 1.82) is 0 Å². The third-order valence-corrected chi connectivity index (χ3v) is 3.45. The predicted octanol–water partition coefficient (Wildman–Crippen LogP) is 1.57. The lowest BCUT2D eigenvalue weighted by Crippen LogP contribution is -2.31. The molecule has 7 nitrogen and oxygen atoms in total. The molecule has 0 saturated heterocycles. The molecular formula is C14H15NO6. The monoisotopic (exact) mass is 293 g/mol. The molecule has 1 heterocycles. The van der Waals surface area contributed by atoms with E-state index >= 15 is 0 Å². The third kappa shape index (κ3) is 3.01. The first kappa shape index (κ1) is 15.0. The van der Waals surface area contributed by atoms with Gasteiger partial charge in [0, 0.05) is 10.5 Å². The lowest BCUT2D eigenvalue weighted by atomic mass is 9.81. The van der Waals surface area contributed by atoms with Gasteiger partial charge in [0.05, 0.1) is 11.8 Å². The van der Waals surface area contributed by atoms with E-state index in [2.05, 4.69) is 0 Å². The van der Waals surface area contributed by atoms with Gasteiger partial charge in [-0.15, -0.1) is 0 Å². The molecule has 0 aliphatic carbocycles. The summed E-state index contributed by atoms with van der Waals surface area (Å²) >= 11 is 0. The number of nitro groups is 1. The fourth-order valence-corrected chi connectivity index (χ4v) is 2.64. The number of para-hydroxylation sites is 1. The number of hydrogen-bond acceptors (Lipinski definition) is 6. The highest BCUT2D eigenvalue weighted by molar-refractivity contribution is 6.01.